The summed E-state index contributed by atoms with van der Waals surface area (Å²) in [4.78, 5) is 4.51. The topological polar surface area (TPSA) is 85.1 Å². The van der Waals surface area contributed by atoms with E-state index in [1.54, 1.807) is 48.7 Å². The fourth-order valence-electron chi connectivity index (χ4n) is 2.39. The highest BCUT2D eigenvalue weighted by atomic mass is 32.2. The standard InChI is InChI=1S/C17H17N3O2S/c1-11-6-8-13(9-7-11)23(21,22)20-16-12(2)10-19-17-14(16)4-3-5-15(17)18/h3-10H,18H2,1-2H3,(H,19,20). The Morgan fingerprint density at radius 2 is 1.74 bits per heavy atom. The van der Waals surface area contributed by atoms with Crippen LogP contribution in [-0.2, 0) is 10.0 Å². The molecule has 0 fully saturated rings. The second-order valence-corrected chi connectivity index (χ2v) is 7.16. The van der Waals surface area contributed by atoms with E-state index >= 15 is 0 Å². The molecule has 0 radical (unpaired) electrons. The van der Waals surface area contributed by atoms with Crippen LogP contribution in [0.4, 0.5) is 11.4 Å². The molecule has 2 aromatic carbocycles. The first-order valence-electron chi connectivity index (χ1n) is 7.12. The number of nitrogens with two attached hydrogens (primary N) is 1. The van der Waals surface area contributed by atoms with Crippen LogP contribution in [0.3, 0.4) is 0 Å². The number of aryl methyl sites for hydroxylation is 2. The Labute approximate surface area is 135 Å². The number of rotatable bonds is 3. The maximum Gasteiger partial charge on any atom is 0.261 e. The Balaban J connectivity index is 2.12. The fourth-order valence-corrected chi connectivity index (χ4v) is 3.54. The summed E-state index contributed by atoms with van der Waals surface area (Å²) in [5.41, 5.74) is 9.26. The highest BCUT2D eigenvalue weighted by Gasteiger charge is 2.17. The van der Waals surface area contributed by atoms with Crippen LogP contribution in [0.2, 0.25) is 0 Å². The maximum absolute atomic E-state index is 12.6. The van der Waals surface area contributed by atoms with Crippen LogP contribution < -0.4 is 10.5 Å². The van der Waals surface area contributed by atoms with Gasteiger partial charge in [-0.3, -0.25) is 9.71 Å². The second kappa shape index (κ2) is 5.55. The lowest BCUT2D eigenvalue weighted by molar-refractivity contribution is 0.601. The number of fused-ring (bicyclic) bond motifs is 1. The Morgan fingerprint density at radius 3 is 2.43 bits per heavy atom. The summed E-state index contributed by atoms with van der Waals surface area (Å²) < 4.78 is 27.9. The second-order valence-electron chi connectivity index (χ2n) is 5.48. The van der Waals surface area contributed by atoms with Gasteiger partial charge >= 0.3 is 0 Å². The van der Waals surface area contributed by atoms with Crippen molar-refractivity contribution in [3.05, 3.63) is 59.8 Å². The van der Waals surface area contributed by atoms with Crippen molar-refractivity contribution >= 4 is 32.3 Å². The highest BCUT2D eigenvalue weighted by Crippen LogP contribution is 2.30. The average Bonchev–Trinajstić information content (AvgIpc) is 2.51. The normalized spacial score (nSPS) is 11.6. The molecule has 3 aromatic rings. The minimum Gasteiger partial charge on any atom is -0.397 e. The molecule has 3 N–H and O–H groups in total. The zero-order valence-corrected chi connectivity index (χ0v) is 13.7. The first-order valence-corrected chi connectivity index (χ1v) is 8.60. The number of benzene rings is 2. The number of sulfonamides is 1. The van der Waals surface area contributed by atoms with E-state index in [2.05, 4.69) is 9.71 Å². The molecule has 0 saturated carbocycles. The number of hydrogen-bond donors (Lipinski definition) is 2. The lowest BCUT2D eigenvalue weighted by Gasteiger charge is -2.14. The number of nitrogens with zero attached hydrogens (tertiary/aromatic N) is 1. The van der Waals surface area contributed by atoms with E-state index in [0.29, 0.717) is 22.3 Å². The summed E-state index contributed by atoms with van der Waals surface area (Å²) in [6.45, 7) is 3.72. The van der Waals surface area contributed by atoms with Crippen molar-refractivity contribution in [3.8, 4) is 0 Å². The average molecular weight is 327 g/mol. The SMILES string of the molecule is Cc1ccc(S(=O)(=O)Nc2c(C)cnc3c(N)cccc23)cc1. The number of nitrogen functional groups attached to an aromatic ring is 1. The molecule has 3 rings (SSSR count). The number of aromatic nitrogens is 1. The van der Waals surface area contributed by atoms with Crippen LogP contribution >= 0.6 is 0 Å². The lowest BCUT2D eigenvalue weighted by Crippen LogP contribution is -2.14. The summed E-state index contributed by atoms with van der Waals surface area (Å²) in [5, 5.41) is 0.681. The molecular weight excluding hydrogens is 310 g/mol. The molecule has 1 heterocycles. The number of nitrogens with one attached hydrogen (secondary N) is 1. The zero-order valence-electron chi connectivity index (χ0n) is 12.9. The summed E-state index contributed by atoms with van der Waals surface area (Å²) in [6.07, 6.45) is 1.62. The highest BCUT2D eigenvalue weighted by molar-refractivity contribution is 7.92. The van der Waals surface area contributed by atoms with Gasteiger partial charge in [-0.15, -0.1) is 0 Å². The molecule has 23 heavy (non-hydrogen) atoms. The third-order valence-electron chi connectivity index (χ3n) is 3.69. The predicted octanol–water partition coefficient (Wildman–Crippen LogP) is 3.23. The molecule has 5 nitrogen and oxygen atoms in total. The third kappa shape index (κ3) is 2.85. The molecule has 6 heteroatoms. The summed E-state index contributed by atoms with van der Waals surface area (Å²) in [6, 6.07) is 12.0. The van der Waals surface area contributed by atoms with Gasteiger partial charge in [0.05, 0.1) is 21.8 Å². The van der Waals surface area contributed by atoms with Gasteiger partial charge in [0.1, 0.15) is 0 Å². The van der Waals surface area contributed by atoms with Crippen molar-refractivity contribution in [1.82, 2.24) is 4.98 Å². The smallest absolute Gasteiger partial charge is 0.261 e. The predicted molar refractivity (Wildman–Crippen MR) is 92.9 cm³/mol. The number of para-hydroxylation sites is 1. The van der Waals surface area contributed by atoms with Crippen LogP contribution in [0.15, 0.2) is 53.6 Å². The molecule has 0 aliphatic rings. The van der Waals surface area contributed by atoms with Crippen LogP contribution in [-0.4, -0.2) is 13.4 Å². The fraction of sp³-hybridized carbons (Fsp3) is 0.118. The quantitative estimate of drug-likeness (QED) is 0.723. The number of pyridine rings is 1. The van der Waals surface area contributed by atoms with Gasteiger partial charge in [0.2, 0.25) is 0 Å². The minimum atomic E-state index is -3.68. The third-order valence-corrected chi connectivity index (χ3v) is 5.05. The van der Waals surface area contributed by atoms with Gasteiger partial charge in [0, 0.05) is 11.6 Å². The molecule has 0 spiro atoms. The van der Waals surface area contributed by atoms with Gasteiger partial charge in [-0.1, -0.05) is 29.8 Å². The van der Waals surface area contributed by atoms with Crippen molar-refractivity contribution in [2.45, 2.75) is 18.7 Å². The number of anilines is 2. The first kappa shape index (κ1) is 15.3. The van der Waals surface area contributed by atoms with E-state index in [0.717, 1.165) is 11.1 Å². The zero-order chi connectivity index (χ0) is 16.6. The van der Waals surface area contributed by atoms with Crippen LogP contribution in [0.25, 0.3) is 10.9 Å². The van der Waals surface area contributed by atoms with Gasteiger partial charge in [-0.2, -0.15) is 0 Å². The van der Waals surface area contributed by atoms with Gasteiger partial charge in [-0.05, 0) is 37.6 Å². The Hall–Kier alpha value is -2.60. The van der Waals surface area contributed by atoms with Crippen molar-refractivity contribution in [2.24, 2.45) is 0 Å². The van der Waals surface area contributed by atoms with Gasteiger partial charge in [0.25, 0.3) is 10.0 Å². The Bertz CT molecular complexity index is 981. The first-order chi connectivity index (χ1) is 10.9. The molecular formula is C17H17N3O2S. The van der Waals surface area contributed by atoms with Crippen LogP contribution in [0, 0.1) is 13.8 Å². The molecule has 0 unspecified atom stereocenters. The van der Waals surface area contributed by atoms with Crippen molar-refractivity contribution in [2.75, 3.05) is 10.5 Å². The summed E-state index contributed by atoms with van der Waals surface area (Å²) >= 11 is 0. The van der Waals surface area contributed by atoms with Gasteiger partial charge in [0.15, 0.2) is 0 Å². The minimum absolute atomic E-state index is 0.219. The Kier molecular flexibility index (Phi) is 3.69. The van der Waals surface area contributed by atoms with E-state index in [-0.39, 0.29) is 4.90 Å². The maximum atomic E-state index is 12.6. The molecule has 0 aliphatic carbocycles. The van der Waals surface area contributed by atoms with E-state index in [1.165, 1.54) is 0 Å². The number of hydrogen-bond acceptors (Lipinski definition) is 4. The van der Waals surface area contributed by atoms with Crippen molar-refractivity contribution < 1.29 is 8.42 Å². The van der Waals surface area contributed by atoms with Crippen molar-refractivity contribution in [1.29, 1.82) is 0 Å². The van der Waals surface area contributed by atoms with Crippen LogP contribution in [0.5, 0.6) is 0 Å². The molecule has 1 aromatic heterocycles. The lowest BCUT2D eigenvalue weighted by atomic mass is 10.1. The largest absolute Gasteiger partial charge is 0.397 e. The molecule has 0 aliphatic heterocycles. The molecule has 0 saturated heterocycles. The molecule has 0 bridgehead atoms. The van der Waals surface area contributed by atoms with E-state index in [1.807, 2.05) is 13.8 Å². The van der Waals surface area contributed by atoms with Crippen LogP contribution in [0.1, 0.15) is 11.1 Å². The summed E-state index contributed by atoms with van der Waals surface area (Å²) in [7, 11) is -3.68. The van der Waals surface area contributed by atoms with E-state index in [4.69, 9.17) is 5.73 Å². The van der Waals surface area contributed by atoms with Crippen molar-refractivity contribution in [3.63, 3.8) is 0 Å². The van der Waals surface area contributed by atoms with Gasteiger partial charge < -0.3 is 5.73 Å². The summed E-state index contributed by atoms with van der Waals surface area (Å²) in [5.74, 6) is 0. The molecule has 0 amide bonds. The molecule has 0 atom stereocenters. The monoisotopic (exact) mass is 327 g/mol. The van der Waals surface area contributed by atoms with E-state index in [9.17, 15) is 8.42 Å². The Morgan fingerprint density at radius 1 is 1.04 bits per heavy atom. The van der Waals surface area contributed by atoms with Gasteiger partial charge in [-0.25, -0.2) is 8.42 Å². The van der Waals surface area contributed by atoms with E-state index < -0.39 is 10.0 Å². The molecule has 118 valence electrons.